The van der Waals surface area contributed by atoms with Crippen molar-refractivity contribution in [3.63, 3.8) is 0 Å². The Labute approximate surface area is 99.6 Å². The van der Waals surface area contributed by atoms with Gasteiger partial charge < -0.3 is 9.73 Å². The van der Waals surface area contributed by atoms with Crippen LogP contribution in [-0.4, -0.2) is 17.6 Å². The van der Waals surface area contributed by atoms with Gasteiger partial charge in [-0.2, -0.15) is 8.78 Å². The van der Waals surface area contributed by atoms with Crippen molar-refractivity contribution in [2.75, 3.05) is 6.54 Å². The number of aryl methyl sites for hydroxylation is 1. The standard InChI is InChI=1S/C12H18F2N2O/c1-8-11(12(2,13)14)17-10(16-8)7-9-5-3-4-6-15-9/h9,15H,3-7H2,1-2H3. The van der Waals surface area contributed by atoms with E-state index in [0.717, 1.165) is 19.9 Å². The molecule has 1 N–H and O–H groups in total. The van der Waals surface area contributed by atoms with E-state index in [1.54, 1.807) is 6.92 Å². The van der Waals surface area contributed by atoms with Gasteiger partial charge in [-0.25, -0.2) is 4.98 Å². The fourth-order valence-electron chi connectivity index (χ4n) is 2.26. The molecule has 1 atom stereocenters. The predicted molar refractivity (Wildman–Crippen MR) is 60.2 cm³/mol. The van der Waals surface area contributed by atoms with Crippen LogP contribution >= 0.6 is 0 Å². The third-order valence-electron chi connectivity index (χ3n) is 3.07. The van der Waals surface area contributed by atoms with Crippen LogP contribution in [0.25, 0.3) is 0 Å². The first-order valence-corrected chi connectivity index (χ1v) is 6.05. The van der Waals surface area contributed by atoms with Gasteiger partial charge in [0.2, 0.25) is 0 Å². The zero-order valence-corrected chi connectivity index (χ0v) is 10.2. The minimum atomic E-state index is -2.95. The van der Waals surface area contributed by atoms with Crippen LogP contribution in [0.3, 0.4) is 0 Å². The molecule has 3 nitrogen and oxygen atoms in total. The number of aromatic nitrogens is 1. The van der Waals surface area contributed by atoms with Crippen LogP contribution in [0.5, 0.6) is 0 Å². The van der Waals surface area contributed by atoms with Gasteiger partial charge in [0.1, 0.15) is 0 Å². The van der Waals surface area contributed by atoms with Gasteiger partial charge in [0.25, 0.3) is 0 Å². The molecular formula is C12H18F2N2O. The highest BCUT2D eigenvalue weighted by Crippen LogP contribution is 2.30. The molecule has 0 bridgehead atoms. The van der Waals surface area contributed by atoms with Crippen LogP contribution in [0, 0.1) is 6.92 Å². The SMILES string of the molecule is Cc1nc(CC2CCCCN2)oc1C(C)(F)F. The summed E-state index contributed by atoms with van der Waals surface area (Å²) in [5.41, 5.74) is 0.295. The highest BCUT2D eigenvalue weighted by molar-refractivity contribution is 5.13. The predicted octanol–water partition coefficient (Wildman–Crippen LogP) is 2.78. The average molecular weight is 244 g/mol. The van der Waals surface area contributed by atoms with Crippen molar-refractivity contribution in [2.45, 2.75) is 51.5 Å². The van der Waals surface area contributed by atoms with E-state index < -0.39 is 5.92 Å². The fraction of sp³-hybridized carbons (Fsp3) is 0.750. The third-order valence-corrected chi connectivity index (χ3v) is 3.07. The van der Waals surface area contributed by atoms with E-state index in [1.165, 1.54) is 12.8 Å². The first-order chi connectivity index (χ1) is 7.97. The molecule has 1 unspecified atom stereocenters. The largest absolute Gasteiger partial charge is 0.439 e. The molecule has 1 aliphatic rings. The summed E-state index contributed by atoms with van der Waals surface area (Å²) in [6.07, 6.45) is 4.00. The van der Waals surface area contributed by atoms with Crippen molar-refractivity contribution in [1.82, 2.24) is 10.3 Å². The van der Waals surface area contributed by atoms with Gasteiger partial charge in [-0.15, -0.1) is 0 Å². The Balaban J connectivity index is 2.06. The maximum atomic E-state index is 13.2. The lowest BCUT2D eigenvalue weighted by atomic mass is 10.0. The molecule has 2 rings (SSSR count). The van der Waals surface area contributed by atoms with Gasteiger partial charge in [0.05, 0.1) is 5.69 Å². The smallest absolute Gasteiger partial charge is 0.303 e. The lowest BCUT2D eigenvalue weighted by Gasteiger charge is -2.21. The molecule has 0 aliphatic carbocycles. The molecule has 96 valence electrons. The van der Waals surface area contributed by atoms with Gasteiger partial charge >= 0.3 is 5.92 Å². The molecule has 0 amide bonds. The summed E-state index contributed by atoms with van der Waals surface area (Å²) in [5, 5.41) is 3.35. The van der Waals surface area contributed by atoms with Crippen molar-refractivity contribution in [1.29, 1.82) is 0 Å². The highest BCUT2D eigenvalue weighted by atomic mass is 19.3. The molecule has 1 aliphatic heterocycles. The van der Waals surface area contributed by atoms with Gasteiger partial charge in [-0.3, -0.25) is 0 Å². The average Bonchev–Trinajstić information content (AvgIpc) is 2.60. The van der Waals surface area contributed by atoms with Crippen LogP contribution in [0.1, 0.15) is 43.5 Å². The molecule has 0 radical (unpaired) electrons. The second-order valence-corrected chi connectivity index (χ2v) is 4.76. The Morgan fingerprint density at radius 2 is 2.24 bits per heavy atom. The van der Waals surface area contributed by atoms with Crippen LogP contribution in [-0.2, 0) is 12.3 Å². The van der Waals surface area contributed by atoms with Gasteiger partial charge in [-0.1, -0.05) is 6.42 Å². The summed E-state index contributed by atoms with van der Waals surface area (Å²) in [6.45, 7) is 3.39. The molecule has 17 heavy (non-hydrogen) atoms. The Kier molecular flexibility index (Phi) is 3.47. The second-order valence-electron chi connectivity index (χ2n) is 4.76. The Hall–Kier alpha value is -0.970. The minimum Gasteiger partial charge on any atom is -0.439 e. The first kappa shape index (κ1) is 12.5. The maximum absolute atomic E-state index is 13.2. The van der Waals surface area contributed by atoms with Gasteiger partial charge in [0.15, 0.2) is 11.7 Å². The fourth-order valence-corrected chi connectivity index (χ4v) is 2.26. The van der Waals surface area contributed by atoms with Crippen LogP contribution in [0.4, 0.5) is 8.78 Å². The monoisotopic (exact) mass is 244 g/mol. The van der Waals surface area contributed by atoms with Gasteiger partial charge in [0, 0.05) is 19.4 Å². The number of alkyl halides is 2. The van der Waals surface area contributed by atoms with E-state index in [1.807, 2.05) is 0 Å². The number of hydrogen-bond donors (Lipinski definition) is 1. The summed E-state index contributed by atoms with van der Waals surface area (Å²) in [4.78, 5) is 4.08. The van der Waals surface area contributed by atoms with E-state index in [-0.39, 0.29) is 5.76 Å². The number of piperidine rings is 1. The molecule has 5 heteroatoms. The summed E-state index contributed by atoms with van der Waals surface area (Å²) < 4.78 is 31.5. The molecule has 0 saturated carbocycles. The lowest BCUT2D eigenvalue weighted by Crippen LogP contribution is -2.35. The van der Waals surface area contributed by atoms with Crippen molar-refractivity contribution in [2.24, 2.45) is 0 Å². The van der Waals surface area contributed by atoms with Crippen molar-refractivity contribution < 1.29 is 13.2 Å². The Bertz CT molecular complexity index is 378. The Morgan fingerprint density at radius 3 is 2.76 bits per heavy atom. The number of nitrogens with zero attached hydrogens (tertiary/aromatic N) is 1. The van der Waals surface area contributed by atoms with Crippen molar-refractivity contribution >= 4 is 0 Å². The summed E-state index contributed by atoms with van der Waals surface area (Å²) in [5.74, 6) is -2.84. The molecule has 0 aromatic carbocycles. The molecule has 2 heterocycles. The minimum absolute atomic E-state index is 0.295. The van der Waals surface area contributed by atoms with Gasteiger partial charge in [-0.05, 0) is 26.3 Å². The topological polar surface area (TPSA) is 38.1 Å². The Morgan fingerprint density at radius 1 is 1.47 bits per heavy atom. The molecule has 1 aromatic rings. The van der Waals surface area contributed by atoms with E-state index in [9.17, 15) is 8.78 Å². The van der Waals surface area contributed by atoms with Crippen molar-refractivity contribution in [3.05, 3.63) is 17.3 Å². The molecular weight excluding hydrogens is 226 g/mol. The molecule has 0 spiro atoms. The third kappa shape index (κ3) is 3.03. The number of nitrogens with one attached hydrogen (secondary N) is 1. The molecule has 1 saturated heterocycles. The van der Waals surface area contributed by atoms with E-state index in [2.05, 4.69) is 10.3 Å². The molecule has 1 aromatic heterocycles. The van der Waals surface area contributed by atoms with E-state index >= 15 is 0 Å². The lowest BCUT2D eigenvalue weighted by molar-refractivity contribution is -0.00713. The second kappa shape index (κ2) is 4.72. The number of halogens is 2. The zero-order chi connectivity index (χ0) is 12.5. The van der Waals surface area contributed by atoms with Crippen molar-refractivity contribution in [3.8, 4) is 0 Å². The zero-order valence-electron chi connectivity index (χ0n) is 10.2. The summed E-state index contributed by atoms with van der Waals surface area (Å²) in [6, 6.07) is 0.306. The van der Waals surface area contributed by atoms with Crippen LogP contribution in [0.2, 0.25) is 0 Å². The quantitative estimate of drug-likeness (QED) is 0.888. The number of rotatable bonds is 3. The van der Waals surface area contributed by atoms with E-state index in [4.69, 9.17) is 4.42 Å². The van der Waals surface area contributed by atoms with E-state index in [0.29, 0.717) is 24.0 Å². The van der Waals surface area contributed by atoms with Crippen LogP contribution in [0.15, 0.2) is 4.42 Å². The maximum Gasteiger partial charge on any atom is 0.303 e. The molecule has 1 fully saturated rings. The van der Waals surface area contributed by atoms with Crippen LogP contribution < -0.4 is 5.32 Å². The normalized spacial score (nSPS) is 21.8. The first-order valence-electron chi connectivity index (χ1n) is 6.05. The highest BCUT2D eigenvalue weighted by Gasteiger charge is 2.32. The number of oxazole rings is 1. The summed E-state index contributed by atoms with van der Waals surface area (Å²) in [7, 11) is 0. The number of hydrogen-bond acceptors (Lipinski definition) is 3. The summed E-state index contributed by atoms with van der Waals surface area (Å²) >= 11 is 0.